The number of fused-ring (bicyclic) bond motifs is 3. The average Bonchev–Trinajstić information content (AvgIpc) is 3.66. The smallest absolute Gasteiger partial charge is 0.161 e. The van der Waals surface area contributed by atoms with Crippen LogP contribution in [-0.2, 0) is 6.42 Å². The minimum absolute atomic E-state index is 0.266. The number of nitrogens with one attached hydrogen (secondary N) is 1. The Bertz CT molecular complexity index is 1770. The molecule has 0 spiro atoms. The molecule has 4 aromatic carbocycles. The third kappa shape index (κ3) is 5.81. The van der Waals surface area contributed by atoms with Gasteiger partial charge in [-0.2, -0.15) is 5.10 Å². The van der Waals surface area contributed by atoms with E-state index in [1.165, 1.54) is 16.8 Å². The highest BCUT2D eigenvalue weighted by Gasteiger charge is 2.27. The highest BCUT2D eigenvalue weighted by molar-refractivity contribution is 5.83. The molecule has 230 valence electrons. The second-order valence-corrected chi connectivity index (χ2v) is 11.6. The van der Waals surface area contributed by atoms with E-state index in [1.807, 2.05) is 24.3 Å². The van der Waals surface area contributed by atoms with Crippen LogP contribution in [0.1, 0.15) is 17.5 Å². The molecule has 2 aliphatic rings. The summed E-state index contributed by atoms with van der Waals surface area (Å²) in [5.41, 5.74) is 9.91. The lowest BCUT2D eigenvalue weighted by molar-refractivity contribution is 0.221. The van der Waals surface area contributed by atoms with Crippen molar-refractivity contribution in [1.82, 2.24) is 15.1 Å². The molecule has 5 aromatic rings. The van der Waals surface area contributed by atoms with Crippen LogP contribution in [0.2, 0.25) is 0 Å². The van der Waals surface area contributed by atoms with Crippen molar-refractivity contribution in [3.8, 4) is 56.6 Å². The average molecular weight is 603 g/mol. The Morgan fingerprint density at radius 3 is 2.20 bits per heavy atom. The summed E-state index contributed by atoms with van der Waals surface area (Å²) in [7, 11) is 3.43. The Balaban J connectivity index is 0.964. The van der Waals surface area contributed by atoms with Crippen LogP contribution < -0.4 is 19.1 Å². The molecule has 1 fully saturated rings. The van der Waals surface area contributed by atoms with Gasteiger partial charge in [0, 0.05) is 55.8 Å². The molecule has 1 aliphatic heterocycles. The Hall–Kier alpha value is -4.95. The second-order valence-electron chi connectivity index (χ2n) is 11.6. The molecule has 0 amide bonds. The van der Waals surface area contributed by atoms with E-state index in [1.54, 1.807) is 26.4 Å². The fraction of sp³-hybridized carbons (Fsp3) is 0.270. The molecule has 0 radical (unpaired) electrons. The van der Waals surface area contributed by atoms with Crippen LogP contribution in [0, 0.1) is 0 Å². The van der Waals surface area contributed by atoms with Gasteiger partial charge in [-0.15, -0.1) is 0 Å². The van der Waals surface area contributed by atoms with Crippen LogP contribution in [-0.4, -0.2) is 73.8 Å². The Morgan fingerprint density at radius 1 is 0.778 bits per heavy atom. The van der Waals surface area contributed by atoms with Crippen molar-refractivity contribution in [3.05, 3.63) is 96.1 Å². The van der Waals surface area contributed by atoms with Gasteiger partial charge in [0.15, 0.2) is 11.5 Å². The van der Waals surface area contributed by atoms with Gasteiger partial charge in [0.1, 0.15) is 11.5 Å². The minimum atomic E-state index is 0.266. The molecule has 8 nitrogen and oxygen atoms in total. The quantitative estimate of drug-likeness (QED) is 0.170. The lowest BCUT2D eigenvalue weighted by Crippen LogP contribution is -2.46. The lowest BCUT2D eigenvalue weighted by Gasteiger charge is -2.36. The van der Waals surface area contributed by atoms with Crippen LogP contribution in [0.3, 0.4) is 0 Å². The zero-order valence-electron chi connectivity index (χ0n) is 25.8. The van der Waals surface area contributed by atoms with E-state index < -0.39 is 0 Å². The maximum atomic E-state index is 9.61. The number of phenolic OH excluding ortho intramolecular Hbond substituents is 1. The molecule has 0 atom stereocenters. The normalized spacial score (nSPS) is 14.2. The molecule has 0 saturated carbocycles. The molecule has 45 heavy (non-hydrogen) atoms. The van der Waals surface area contributed by atoms with Gasteiger partial charge in [0.2, 0.25) is 0 Å². The summed E-state index contributed by atoms with van der Waals surface area (Å²) in [4.78, 5) is 4.91. The van der Waals surface area contributed by atoms with Gasteiger partial charge in [-0.25, -0.2) is 0 Å². The predicted molar refractivity (Wildman–Crippen MR) is 178 cm³/mol. The van der Waals surface area contributed by atoms with Crippen LogP contribution in [0.5, 0.6) is 23.0 Å². The van der Waals surface area contributed by atoms with Gasteiger partial charge in [-0.3, -0.25) is 10.00 Å². The number of ether oxygens (including phenoxy) is 3. The predicted octanol–water partition coefficient (Wildman–Crippen LogP) is 6.63. The molecule has 7 rings (SSSR count). The lowest BCUT2D eigenvalue weighted by atomic mass is 10.0. The molecule has 1 aliphatic carbocycles. The van der Waals surface area contributed by atoms with E-state index in [4.69, 9.17) is 19.3 Å². The molecule has 1 aromatic heterocycles. The van der Waals surface area contributed by atoms with E-state index in [0.29, 0.717) is 6.61 Å². The third-order valence-electron chi connectivity index (χ3n) is 8.93. The molecule has 8 heteroatoms. The number of aromatic hydroxyl groups is 1. The first-order chi connectivity index (χ1) is 22.1. The topological polar surface area (TPSA) is 83.1 Å². The van der Waals surface area contributed by atoms with Crippen LogP contribution in [0.25, 0.3) is 33.6 Å². The zero-order chi connectivity index (χ0) is 30.8. The first kappa shape index (κ1) is 28.8. The standard InChI is InChI=1S/C37H38N4O4/c1-43-33-7-4-3-6-32(33)41-19-17-40(18-20-41)16-5-21-45-35-23-28-22-31-36(38-39-37(31)30(28)24-34(35)44-2)27-10-8-25(9-11-27)26-12-14-29(42)15-13-26/h3-4,6-15,23-24,42H,5,16-22H2,1-2H3,(H,38,39). The number of methoxy groups -OCH3 is 2. The van der Waals surface area contributed by atoms with Gasteiger partial charge in [-0.05, 0) is 59.5 Å². The number of aromatic amines is 1. The largest absolute Gasteiger partial charge is 0.508 e. The van der Waals surface area contributed by atoms with Crippen molar-refractivity contribution in [1.29, 1.82) is 0 Å². The van der Waals surface area contributed by atoms with Crippen molar-refractivity contribution < 1.29 is 19.3 Å². The van der Waals surface area contributed by atoms with E-state index in [9.17, 15) is 5.11 Å². The number of H-pyrrole nitrogens is 1. The molecular formula is C37H38N4O4. The number of anilines is 1. The number of para-hydroxylation sites is 2. The number of piperazine rings is 1. The van der Waals surface area contributed by atoms with E-state index in [2.05, 4.69) is 63.4 Å². The fourth-order valence-corrected chi connectivity index (χ4v) is 6.49. The van der Waals surface area contributed by atoms with Crippen molar-refractivity contribution >= 4 is 5.69 Å². The van der Waals surface area contributed by atoms with Gasteiger partial charge in [0.05, 0.1) is 37.9 Å². The van der Waals surface area contributed by atoms with Gasteiger partial charge < -0.3 is 24.2 Å². The molecule has 0 bridgehead atoms. The summed E-state index contributed by atoms with van der Waals surface area (Å²) in [6, 6.07) is 28.1. The van der Waals surface area contributed by atoms with Crippen LogP contribution in [0.15, 0.2) is 84.9 Å². The summed E-state index contributed by atoms with van der Waals surface area (Å²) >= 11 is 0. The van der Waals surface area contributed by atoms with Crippen molar-refractivity contribution in [2.75, 3.05) is 58.5 Å². The summed E-state index contributed by atoms with van der Waals surface area (Å²) in [6.07, 6.45) is 1.73. The summed E-state index contributed by atoms with van der Waals surface area (Å²) in [5, 5.41) is 17.6. The summed E-state index contributed by atoms with van der Waals surface area (Å²) in [5.74, 6) is 2.72. The van der Waals surface area contributed by atoms with Crippen molar-refractivity contribution in [2.24, 2.45) is 0 Å². The monoisotopic (exact) mass is 602 g/mol. The van der Waals surface area contributed by atoms with Gasteiger partial charge >= 0.3 is 0 Å². The zero-order valence-corrected chi connectivity index (χ0v) is 25.8. The molecule has 2 N–H and O–H groups in total. The van der Waals surface area contributed by atoms with Crippen LogP contribution >= 0.6 is 0 Å². The van der Waals surface area contributed by atoms with E-state index >= 15 is 0 Å². The van der Waals surface area contributed by atoms with Gasteiger partial charge in [-0.1, -0.05) is 48.5 Å². The molecule has 0 unspecified atom stereocenters. The molecule has 2 heterocycles. The van der Waals surface area contributed by atoms with Gasteiger partial charge in [0.25, 0.3) is 0 Å². The Kier molecular flexibility index (Phi) is 8.05. The Morgan fingerprint density at radius 2 is 1.47 bits per heavy atom. The second kappa shape index (κ2) is 12.6. The first-order valence-electron chi connectivity index (χ1n) is 15.5. The number of rotatable bonds is 10. The number of phenols is 1. The maximum Gasteiger partial charge on any atom is 0.161 e. The van der Waals surface area contributed by atoms with Crippen LogP contribution in [0.4, 0.5) is 5.69 Å². The summed E-state index contributed by atoms with van der Waals surface area (Å²) < 4.78 is 17.6. The first-order valence-corrected chi connectivity index (χ1v) is 15.5. The summed E-state index contributed by atoms with van der Waals surface area (Å²) in [6.45, 7) is 5.64. The number of hydrogen-bond acceptors (Lipinski definition) is 7. The number of nitrogens with zero attached hydrogens (tertiary/aromatic N) is 3. The highest BCUT2D eigenvalue weighted by Crippen LogP contribution is 2.45. The number of aromatic nitrogens is 2. The number of benzene rings is 4. The number of hydrogen-bond donors (Lipinski definition) is 2. The Labute approximate surface area is 263 Å². The third-order valence-corrected chi connectivity index (χ3v) is 8.93. The fourth-order valence-electron chi connectivity index (χ4n) is 6.49. The molecular weight excluding hydrogens is 564 g/mol. The minimum Gasteiger partial charge on any atom is -0.508 e. The SMILES string of the molecule is COc1cc2c(cc1OCCCN1CCN(c3ccccc3OC)CC1)Cc1c(-c3ccc(-c4ccc(O)cc4)cc3)n[nH]c1-2. The highest BCUT2D eigenvalue weighted by atomic mass is 16.5. The maximum absolute atomic E-state index is 9.61. The van der Waals surface area contributed by atoms with E-state index in [0.717, 1.165) is 96.5 Å². The van der Waals surface area contributed by atoms with Crippen molar-refractivity contribution in [2.45, 2.75) is 12.8 Å². The van der Waals surface area contributed by atoms with E-state index in [-0.39, 0.29) is 5.75 Å². The molecule has 1 saturated heterocycles. The van der Waals surface area contributed by atoms with Crippen molar-refractivity contribution in [3.63, 3.8) is 0 Å².